The van der Waals surface area contributed by atoms with Crippen molar-refractivity contribution in [1.29, 1.82) is 0 Å². The van der Waals surface area contributed by atoms with Gasteiger partial charge in [-0.25, -0.2) is 15.0 Å². The summed E-state index contributed by atoms with van der Waals surface area (Å²) < 4.78 is 13.0. The summed E-state index contributed by atoms with van der Waals surface area (Å²) in [6, 6.07) is 88.7. The van der Waals surface area contributed by atoms with Crippen LogP contribution in [0.1, 0.15) is 22.3 Å². The van der Waals surface area contributed by atoms with E-state index in [4.69, 9.17) is 23.8 Å². The van der Waals surface area contributed by atoms with Gasteiger partial charge >= 0.3 is 0 Å². The Hall–Kier alpha value is -9.97. The van der Waals surface area contributed by atoms with Crippen LogP contribution >= 0.6 is 0 Å². The van der Waals surface area contributed by atoms with Crippen molar-refractivity contribution in [2.45, 2.75) is 5.41 Å². The van der Waals surface area contributed by atoms with Gasteiger partial charge in [0.1, 0.15) is 22.3 Å². The van der Waals surface area contributed by atoms with Gasteiger partial charge in [-0.15, -0.1) is 0 Å². The second kappa shape index (κ2) is 16.0. The molecule has 0 fully saturated rings. The summed E-state index contributed by atoms with van der Waals surface area (Å²) in [6.07, 6.45) is 0. The van der Waals surface area contributed by atoms with E-state index in [0.29, 0.717) is 17.5 Å². The molecule has 0 aliphatic heterocycles. The molecular formula is C70H41N3O2. The molecule has 75 heavy (non-hydrogen) atoms. The van der Waals surface area contributed by atoms with Gasteiger partial charge < -0.3 is 8.83 Å². The van der Waals surface area contributed by atoms with E-state index in [0.717, 1.165) is 82.8 Å². The van der Waals surface area contributed by atoms with Crippen molar-refractivity contribution in [1.82, 2.24) is 15.0 Å². The Kier molecular flexibility index (Phi) is 8.89. The fourth-order valence-corrected chi connectivity index (χ4v) is 12.4. The highest BCUT2D eigenvalue weighted by atomic mass is 16.3. The van der Waals surface area contributed by atoms with Crippen molar-refractivity contribution in [3.05, 3.63) is 271 Å². The third-order valence-electron chi connectivity index (χ3n) is 15.8. The third-order valence-corrected chi connectivity index (χ3v) is 15.8. The number of rotatable bonds is 6. The quantitative estimate of drug-likeness (QED) is 0.166. The summed E-state index contributed by atoms with van der Waals surface area (Å²) >= 11 is 0. The lowest BCUT2D eigenvalue weighted by atomic mass is 9.70. The standard InChI is InChI=1S/C70H41N3O2/c1-2-14-42(15-3-1)45-16-12-17-48(38-45)67-71-68(49-32-35-54-53-21-7-11-26-62(53)75-65(54)41-49)73-69(72-67)55-22-13-27-64-66(55)57-40-47(34-37-63(57)74-64)44-30-28-43(29-31-44)46-33-36-61-56(39-46)52-20-6-10-25-60(52)70(61)58-23-8-4-18-50(58)51-19-5-9-24-59(51)70/h1-41H. The lowest BCUT2D eigenvalue weighted by Crippen LogP contribution is -2.25. The lowest BCUT2D eigenvalue weighted by molar-refractivity contribution is 0.668. The zero-order valence-electron chi connectivity index (χ0n) is 40.3. The number of hydrogen-bond acceptors (Lipinski definition) is 5. The maximum absolute atomic E-state index is 6.61. The average Bonchev–Trinajstić information content (AvgIpc) is 4.39. The van der Waals surface area contributed by atoms with Crippen LogP contribution in [-0.2, 0) is 5.41 Å². The Balaban J connectivity index is 0.795. The number of hydrogen-bond donors (Lipinski definition) is 0. The molecule has 11 aromatic carbocycles. The zero-order chi connectivity index (χ0) is 49.2. The van der Waals surface area contributed by atoms with E-state index in [1.807, 2.05) is 42.5 Å². The normalized spacial score (nSPS) is 12.9. The van der Waals surface area contributed by atoms with Crippen LogP contribution in [0.4, 0.5) is 0 Å². The highest BCUT2D eigenvalue weighted by Crippen LogP contribution is 2.63. The van der Waals surface area contributed by atoms with Gasteiger partial charge in [0.25, 0.3) is 0 Å². The predicted octanol–water partition coefficient (Wildman–Crippen LogP) is 18.0. The highest BCUT2D eigenvalue weighted by molar-refractivity contribution is 6.13. The molecule has 2 aliphatic rings. The molecule has 14 aromatic rings. The summed E-state index contributed by atoms with van der Waals surface area (Å²) in [4.78, 5) is 15.7. The SMILES string of the molecule is c1ccc(-c2cccc(-c3nc(-c4ccc5c(c4)oc4ccccc45)nc(-c4cccc5oc6ccc(-c7ccc(-c8ccc9c(c8)-c8ccccc8C98c9ccccc9-c9ccccc98)cc7)cc6c45)n3)c2)cc1. The van der Waals surface area contributed by atoms with Gasteiger partial charge in [-0.1, -0.05) is 200 Å². The number of furan rings is 2. The van der Waals surface area contributed by atoms with Crippen LogP contribution in [0.25, 0.3) is 134 Å². The van der Waals surface area contributed by atoms with Crippen molar-refractivity contribution in [3.8, 4) is 89.8 Å². The van der Waals surface area contributed by atoms with Crippen molar-refractivity contribution < 1.29 is 8.83 Å². The smallest absolute Gasteiger partial charge is 0.164 e. The average molecular weight is 956 g/mol. The fourth-order valence-electron chi connectivity index (χ4n) is 12.4. The van der Waals surface area contributed by atoms with Crippen LogP contribution in [0.2, 0.25) is 0 Å². The molecule has 0 N–H and O–H groups in total. The van der Waals surface area contributed by atoms with Crippen molar-refractivity contribution in [3.63, 3.8) is 0 Å². The molecule has 0 radical (unpaired) electrons. The van der Waals surface area contributed by atoms with Gasteiger partial charge in [0, 0.05) is 38.2 Å². The van der Waals surface area contributed by atoms with Crippen molar-refractivity contribution in [2.24, 2.45) is 0 Å². The van der Waals surface area contributed by atoms with Gasteiger partial charge in [0.15, 0.2) is 17.5 Å². The molecule has 5 nitrogen and oxygen atoms in total. The van der Waals surface area contributed by atoms with E-state index in [2.05, 4.69) is 206 Å². The molecule has 16 rings (SSSR count). The van der Waals surface area contributed by atoms with E-state index in [1.54, 1.807) is 0 Å². The highest BCUT2D eigenvalue weighted by Gasteiger charge is 2.51. The molecule has 0 atom stereocenters. The Morgan fingerprint density at radius 1 is 0.240 bits per heavy atom. The molecular weight excluding hydrogens is 915 g/mol. The Labute approximate surface area is 431 Å². The number of para-hydroxylation sites is 1. The molecule has 3 aromatic heterocycles. The summed E-state index contributed by atoms with van der Waals surface area (Å²) in [5.41, 5.74) is 22.8. The van der Waals surface area contributed by atoms with Gasteiger partial charge in [0.2, 0.25) is 0 Å². The molecule has 0 bridgehead atoms. The topological polar surface area (TPSA) is 65.0 Å². The van der Waals surface area contributed by atoms with E-state index < -0.39 is 0 Å². The summed E-state index contributed by atoms with van der Waals surface area (Å²) in [7, 11) is 0. The Bertz CT molecular complexity index is 4620. The van der Waals surface area contributed by atoms with Crippen LogP contribution in [-0.4, -0.2) is 15.0 Å². The molecule has 0 amide bonds. The second-order valence-corrected chi connectivity index (χ2v) is 19.8. The first kappa shape index (κ1) is 41.6. The largest absolute Gasteiger partial charge is 0.456 e. The molecule has 0 saturated heterocycles. The zero-order valence-corrected chi connectivity index (χ0v) is 40.3. The molecule has 1 spiro atoms. The minimum Gasteiger partial charge on any atom is -0.456 e. The summed E-state index contributed by atoms with van der Waals surface area (Å²) in [6.45, 7) is 0. The second-order valence-electron chi connectivity index (χ2n) is 19.8. The van der Waals surface area contributed by atoms with Crippen molar-refractivity contribution >= 4 is 43.9 Å². The van der Waals surface area contributed by atoms with E-state index in [9.17, 15) is 0 Å². The van der Waals surface area contributed by atoms with Crippen molar-refractivity contribution in [2.75, 3.05) is 0 Å². The predicted molar refractivity (Wildman–Crippen MR) is 303 cm³/mol. The van der Waals surface area contributed by atoms with Crippen LogP contribution in [0.5, 0.6) is 0 Å². The maximum atomic E-state index is 6.61. The summed E-state index contributed by atoms with van der Waals surface area (Å²) in [5.74, 6) is 1.68. The van der Waals surface area contributed by atoms with E-state index in [-0.39, 0.29) is 5.41 Å². The van der Waals surface area contributed by atoms with Crippen LogP contribution < -0.4 is 0 Å². The molecule has 348 valence electrons. The summed E-state index contributed by atoms with van der Waals surface area (Å²) in [5, 5.41) is 4.05. The number of benzene rings is 11. The number of nitrogens with zero attached hydrogens (tertiary/aromatic N) is 3. The fraction of sp³-hybridized carbons (Fsp3) is 0.0143. The first-order chi connectivity index (χ1) is 37.1. The number of fused-ring (bicyclic) bond motifs is 16. The lowest BCUT2D eigenvalue weighted by Gasteiger charge is -2.30. The van der Waals surface area contributed by atoms with E-state index >= 15 is 0 Å². The minimum absolute atomic E-state index is 0.356. The van der Waals surface area contributed by atoms with Gasteiger partial charge in [-0.3, -0.25) is 0 Å². The first-order valence-corrected chi connectivity index (χ1v) is 25.5. The molecule has 2 aliphatic carbocycles. The third kappa shape index (κ3) is 6.22. The molecule has 3 heterocycles. The van der Waals surface area contributed by atoms with Gasteiger partial charge in [0.05, 0.1) is 5.41 Å². The van der Waals surface area contributed by atoms with Gasteiger partial charge in [-0.05, 0) is 126 Å². The molecule has 0 saturated carbocycles. The minimum atomic E-state index is -0.356. The monoisotopic (exact) mass is 955 g/mol. The maximum Gasteiger partial charge on any atom is 0.164 e. The van der Waals surface area contributed by atoms with E-state index in [1.165, 1.54) is 55.6 Å². The molecule has 5 heteroatoms. The number of aromatic nitrogens is 3. The van der Waals surface area contributed by atoms with Crippen LogP contribution in [0.3, 0.4) is 0 Å². The van der Waals surface area contributed by atoms with Crippen LogP contribution in [0, 0.1) is 0 Å². The Morgan fingerprint density at radius 2 is 0.693 bits per heavy atom. The molecule has 0 unspecified atom stereocenters. The first-order valence-electron chi connectivity index (χ1n) is 25.5. The Morgan fingerprint density at radius 3 is 1.44 bits per heavy atom. The van der Waals surface area contributed by atoms with Gasteiger partial charge in [-0.2, -0.15) is 0 Å². The van der Waals surface area contributed by atoms with Crippen LogP contribution in [0.15, 0.2) is 258 Å².